The molecule has 0 aliphatic carbocycles. The van der Waals surface area contributed by atoms with Gasteiger partial charge >= 0.3 is 17.9 Å². The van der Waals surface area contributed by atoms with Crippen LogP contribution in [-0.2, 0) is 6.42 Å². The highest BCUT2D eigenvalue weighted by molar-refractivity contribution is 5.93. The fourth-order valence-electron chi connectivity index (χ4n) is 6.36. The average Bonchev–Trinajstić information content (AvgIpc) is 3.15. The van der Waals surface area contributed by atoms with E-state index in [2.05, 4.69) is 26.9 Å². The molecule has 276 valence electrons. The fraction of sp³-hybridized carbons (Fsp3) is 0.452. The Kier molecular flexibility index (Phi) is 16.4. The Morgan fingerprint density at radius 2 is 0.788 bits per heavy atom. The summed E-state index contributed by atoms with van der Waals surface area (Å²) >= 11 is 0. The zero-order chi connectivity index (χ0) is 37.1. The lowest BCUT2D eigenvalue weighted by Crippen LogP contribution is -2.04. The first-order valence-electron chi connectivity index (χ1n) is 18.9. The molecule has 0 saturated carbocycles. The van der Waals surface area contributed by atoms with E-state index < -0.39 is 17.9 Å². The number of carboxylic acid groups (broad SMARTS) is 3. The summed E-state index contributed by atoms with van der Waals surface area (Å²) in [5.41, 5.74) is 2.14. The van der Waals surface area contributed by atoms with Crippen molar-refractivity contribution < 1.29 is 29.7 Å². The van der Waals surface area contributed by atoms with Crippen LogP contribution in [0.4, 0.5) is 0 Å². The van der Waals surface area contributed by atoms with E-state index in [1.54, 1.807) is 6.20 Å². The van der Waals surface area contributed by atoms with Gasteiger partial charge in [-0.05, 0) is 66.9 Å². The molecule has 10 heteroatoms. The molecule has 0 fully saturated rings. The van der Waals surface area contributed by atoms with Gasteiger partial charge in [0.05, 0.1) is 50.9 Å². The highest BCUT2D eigenvalue weighted by atomic mass is 16.4. The lowest BCUT2D eigenvalue weighted by atomic mass is 10.0. The second kappa shape index (κ2) is 21.4. The van der Waals surface area contributed by atoms with Crippen LogP contribution in [0.25, 0.3) is 34.2 Å². The van der Waals surface area contributed by atoms with E-state index in [-0.39, 0.29) is 39.5 Å². The largest absolute Gasteiger partial charge is 0.478 e. The van der Waals surface area contributed by atoms with Gasteiger partial charge in [-0.1, -0.05) is 110 Å². The summed E-state index contributed by atoms with van der Waals surface area (Å²) in [6.45, 7) is 2.27. The predicted octanol–water partition coefficient (Wildman–Crippen LogP) is 10.6. The van der Waals surface area contributed by atoms with Crippen LogP contribution in [-0.4, -0.2) is 53.2 Å². The van der Waals surface area contributed by atoms with Crippen LogP contribution in [0.5, 0.6) is 0 Å². The topological polar surface area (TPSA) is 163 Å². The number of pyridine rings is 4. The van der Waals surface area contributed by atoms with E-state index in [0.717, 1.165) is 24.8 Å². The van der Waals surface area contributed by atoms with Crippen LogP contribution in [0.3, 0.4) is 0 Å². The Balaban J connectivity index is 1.32. The quantitative estimate of drug-likeness (QED) is 0.0597. The lowest BCUT2D eigenvalue weighted by Gasteiger charge is -2.10. The number of carboxylic acids is 3. The Morgan fingerprint density at radius 1 is 0.442 bits per heavy atom. The van der Waals surface area contributed by atoms with Crippen LogP contribution in [0.2, 0.25) is 0 Å². The summed E-state index contributed by atoms with van der Waals surface area (Å²) in [6.07, 6.45) is 26.3. The number of carbonyl (C=O) groups is 3. The number of aryl methyl sites for hydroxylation is 1. The first kappa shape index (κ1) is 39.8. The molecule has 0 spiro atoms. The lowest BCUT2D eigenvalue weighted by molar-refractivity contribution is 0.0685. The second-order valence-electron chi connectivity index (χ2n) is 13.6. The minimum absolute atomic E-state index is 0.0388. The Hall–Kier alpha value is -4.99. The molecule has 0 saturated heterocycles. The Bertz CT molecular complexity index is 1780. The standard InChI is InChI=1S/C42H52N4O6/c1-2-3-4-5-6-7-8-9-10-11-12-13-14-15-16-17-18-19-30-20-22-43-34(24-30)36-26-32(41(49)50)28-38(45-36)39-29-33(42(51)52)27-37(46-39)35-25-31(40(47)48)21-23-44-35/h20-29H,2-19H2,1H3,(H,47,48)(H,49,50)(H,51,52). The van der Waals surface area contributed by atoms with Gasteiger partial charge in [0.25, 0.3) is 0 Å². The van der Waals surface area contributed by atoms with Crippen molar-refractivity contribution in [3.05, 3.63) is 83.2 Å². The number of aromatic carboxylic acids is 3. The van der Waals surface area contributed by atoms with E-state index in [1.807, 2.05) is 12.1 Å². The molecule has 4 aromatic heterocycles. The van der Waals surface area contributed by atoms with E-state index in [9.17, 15) is 29.7 Å². The van der Waals surface area contributed by atoms with Gasteiger partial charge in [0.2, 0.25) is 0 Å². The van der Waals surface area contributed by atoms with E-state index in [0.29, 0.717) is 11.4 Å². The van der Waals surface area contributed by atoms with Crippen molar-refractivity contribution in [3.8, 4) is 34.2 Å². The average molecular weight is 709 g/mol. The van der Waals surface area contributed by atoms with Gasteiger partial charge < -0.3 is 15.3 Å². The number of unbranched alkanes of at least 4 members (excludes halogenated alkanes) is 16. The second-order valence-corrected chi connectivity index (χ2v) is 13.6. The SMILES string of the molecule is CCCCCCCCCCCCCCCCCCCc1ccnc(-c2cc(C(=O)O)cc(-c3cc(C(=O)O)cc(-c4cc(C(=O)O)ccn4)n3)n2)c1. The number of nitrogens with zero attached hydrogens (tertiary/aromatic N) is 4. The highest BCUT2D eigenvalue weighted by Crippen LogP contribution is 2.28. The van der Waals surface area contributed by atoms with Crippen molar-refractivity contribution in [1.82, 2.24) is 19.9 Å². The molecule has 0 aliphatic heterocycles. The third-order valence-corrected chi connectivity index (χ3v) is 9.33. The summed E-state index contributed by atoms with van der Waals surface area (Å²) < 4.78 is 0. The van der Waals surface area contributed by atoms with Crippen molar-refractivity contribution in [1.29, 1.82) is 0 Å². The minimum atomic E-state index is -1.24. The molecule has 3 N–H and O–H groups in total. The summed E-state index contributed by atoms with van der Waals surface area (Å²) in [5.74, 6) is -3.60. The van der Waals surface area contributed by atoms with Crippen LogP contribution < -0.4 is 0 Å². The van der Waals surface area contributed by atoms with Gasteiger partial charge in [0, 0.05) is 12.4 Å². The number of hydrogen-bond donors (Lipinski definition) is 3. The van der Waals surface area contributed by atoms with Gasteiger partial charge in [0.15, 0.2) is 0 Å². The fourth-order valence-corrected chi connectivity index (χ4v) is 6.36. The zero-order valence-corrected chi connectivity index (χ0v) is 30.4. The molecule has 4 rings (SSSR count). The first-order valence-corrected chi connectivity index (χ1v) is 18.9. The number of aromatic nitrogens is 4. The summed E-state index contributed by atoms with van der Waals surface area (Å²) in [7, 11) is 0. The van der Waals surface area contributed by atoms with Gasteiger partial charge in [-0.2, -0.15) is 0 Å². The van der Waals surface area contributed by atoms with E-state index in [4.69, 9.17) is 0 Å². The third-order valence-electron chi connectivity index (χ3n) is 9.33. The van der Waals surface area contributed by atoms with Crippen LogP contribution >= 0.6 is 0 Å². The maximum atomic E-state index is 12.2. The summed E-state index contributed by atoms with van der Waals surface area (Å²) in [4.78, 5) is 53.6. The maximum absolute atomic E-state index is 12.2. The van der Waals surface area contributed by atoms with Crippen LogP contribution in [0, 0.1) is 0 Å². The number of rotatable bonds is 24. The highest BCUT2D eigenvalue weighted by Gasteiger charge is 2.18. The first-order chi connectivity index (χ1) is 25.2. The van der Waals surface area contributed by atoms with Crippen molar-refractivity contribution in [3.63, 3.8) is 0 Å². The van der Waals surface area contributed by atoms with Crippen molar-refractivity contribution >= 4 is 17.9 Å². The summed E-state index contributed by atoms with van der Waals surface area (Å²) in [5, 5.41) is 29.2. The molecule has 0 unspecified atom stereocenters. The molecule has 0 radical (unpaired) electrons. The third kappa shape index (κ3) is 13.0. The molecule has 0 amide bonds. The van der Waals surface area contributed by atoms with Gasteiger partial charge in [0.1, 0.15) is 0 Å². The Labute approximate surface area is 306 Å². The van der Waals surface area contributed by atoms with E-state index in [1.165, 1.54) is 139 Å². The molecule has 10 nitrogen and oxygen atoms in total. The zero-order valence-electron chi connectivity index (χ0n) is 30.4. The molecule has 52 heavy (non-hydrogen) atoms. The molecular weight excluding hydrogens is 656 g/mol. The molecule has 0 bridgehead atoms. The normalized spacial score (nSPS) is 11.1. The molecular formula is C42H52N4O6. The van der Waals surface area contributed by atoms with Crippen LogP contribution in [0.1, 0.15) is 153 Å². The molecule has 4 heterocycles. The molecule has 0 atom stereocenters. The van der Waals surface area contributed by atoms with Crippen molar-refractivity contribution in [2.24, 2.45) is 0 Å². The summed E-state index contributed by atoms with van der Waals surface area (Å²) in [6, 6.07) is 11.8. The van der Waals surface area contributed by atoms with Crippen molar-refractivity contribution in [2.75, 3.05) is 0 Å². The van der Waals surface area contributed by atoms with Crippen LogP contribution in [0.15, 0.2) is 60.9 Å². The molecule has 0 aromatic carbocycles. The maximum Gasteiger partial charge on any atom is 0.335 e. The van der Waals surface area contributed by atoms with Gasteiger partial charge in [-0.3, -0.25) is 9.97 Å². The van der Waals surface area contributed by atoms with Gasteiger partial charge in [-0.25, -0.2) is 24.4 Å². The minimum Gasteiger partial charge on any atom is -0.478 e. The number of hydrogen-bond acceptors (Lipinski definition) is 7. The molecule has 0 aliphatic rings. The smallest absolute Gasteiger partial charge is 0.335 e. The van der Waals surface area contributed by atoms with E-state index >= 15 is 0 Å². The van der Waals surface area contributed by atoms with Gasteiger partial charge in [-0.15, -0.1) is 0 Å². The van der Waals surface area contributed by atoms with Crippen molar-refractivity contribution in [2.45, 2.75) is 122 Å². The monoisotopic (exact) mass is 708 g/mol. The Morgan fingerprint density at radius 3 is 1.21 bits per heavy atom. The molecule has 4 aromatic rings. The predicted molar refractivity (Wildman–Crippen MR) is 203 cm³/mol.